The van der Waals surface area contributed by atoms with E-state index in [0.717, 1.165) is 16.9 Å². The molecule has 8 heteroatoms. The summed E-state index contributed by atoms with van der Waals surface area (Å²) in [6, 6.07) is 12.5. The Hall–Kier alpha value is -1.71. The van der Waals surface area contributed by atoms with E-state index < -0.39 is 36.8 Å². The molecule has 7 nitrogen and oxygen atoms in total. The average Bonchev–Trinajstić information content (AvgIpc) is 2.72. The van der Waals surface area contributed by atoms with Gasteiger partial charge in [0.05, 0.1) is 13.2 Å². The molecule has 0 aliphatic carbocycles. The highest BCUT2D eigenvalue weighted by molar-refractivity contribution is 6.31. The van der Waals surface area contributed by atoms with Gasteiger partial charge in [-0.1, -0.05) is 35.9 Å². The van der Waals surface area contributed by atoms with Gasteiger partial charge in [0, 0.05) is 5.02 Å². The summed E-state index contributed by atoms with van der Waals surface area (Å²) in [6.45, 7) is 1.55. The molecule has 29 heavy (non-hydrogen) atoms. The van der Waals surface area contributed by atoms with Gasteiger partial charge in [0.2, 0.25) is 5.79 Å². The normalized spacial score (nSPS) is 29.6. The Kier molecular flexibility index (Phi) is 6.80. The van der Waals surface area contributed by atoms with Gasteiger partial charge in [-0.3, -0.25) is 0 Å². The van der Waals surface area contributed by atoms with E-state index in [1.807, 2.05) is 31.2 Å². The zero-order chi connectivity index (χ0) is 21.2. The molecule has 1 fully saturated rings. The number of halogens is 1. The second-order valence-electron chi connectivity index (χ2n) is 7.07. The molecule has 1 unspecified atom stereocenters. The second-order valence-corrected chi connectivity index (χ2v) is 7.48. The first-order valence-electron chi connectivity index (χ1n) is 9.34. The van der Waals surface area contributed by atoms with Crippen molar-refractivity contribution in [3.63, 3.8) is 0 Å². The molecule has 0 radical (unpaired) electrons. The first-order chi connectivity index (χ1) is 13.8. The number of hydrogen-bond acceptors (Lipinski definition) is 7. The number of hydrogen-bond donors (Lipinski definition) is 5. The van der Waals surface area contributed by atoms with Gasteiger partial charge in [0.25, 0.3) is 0 Å². The molecule has 0 saturated carbocycles. The number of ether oxygens (including phenoxy) is 2. The van der Waals surface area contributed by atoms with Crippen LogP contribution in [-0.4, -0.2) is 62.8 Å². The summed E-state index contributed by atoms with van der Waals surface area (Å²) in [5.41, 5.74) is 2.18. The summed E-state index contributed by atoms with van der Waals surface area (Å²) in [4.78, 5) is 0. The number of benzene rings is 2. The maximum absolute atomic E-state index is 10.3. The number of rotatable bonds is 6. The summed E-state index contributed by atoms with van der Waals surface area (Å²) in [5, 5.41) is 50.5. The van der Waals surface area contributed by atoms with Crippen LogP contribution in [0.4, 0.5) is 0 Å². The average molecular weight is 425 g/mol. The van der Waals surface area contributed by atoms with Crippen molar-refractivity contribution in [2.24, 2.45) is 0 Å². The molecule has 158 valence electrons. The zero-order valence-corrected chi connectivity index (χ0v) is 16.7. The molecule has 2 aromatic carbocycles. The highest BCUT2D eigenvalue weighted by atomic mass is 35.5. The maximum Gasteiger partial charge on any atom is 0.219 e. The summed E-state index contributed by atoms with van der Waals surface area (Å²) in [7, 11) is 0. The van der Waals surface area contributed by atoms with Gasteiger partial charge in [0.15, 0.2) is 0 Å². The summed E-state index contributed by atoms with van der Waals surface area (Å²) in [6.07, 6.45) is -5.72. The van der Waals surface area contributed by atoms with Gasteiger partial charge in [-0.05, 0) is 48.2 Å². The third kappa shape index (κ3) is 4.57. The molecule has 0 amide bonds. The maximum atomic E-state index is 10.3. The van der Waals surface area contributed by atoms with Crippen LogP contribution in [0.2, 0.25) is 5.02 Å². The fourth-order valence-electron chi connectivity index (χ4n) is 3.39. The lowest BCUT2D eigenvalue weighted by molar-refractivity contribution is -0.357. The van der Waals surface area contributed by atoms with Crippen molar-refractivity contribution in [2.45, 2.75) is 43.5 Å². The number of aliphatic hydroxyl groups excluding tert-OH is 4. The minimum atomic E-state index is -2.39. The summed E-state index contributed by atoms with van der Waals surface area (Å²) < 4.78 is 10.8. The van der Waals surface area contributed by atoms with Crippen LogP contribution in [0.15, 0.2) is 42.5 Å². The van der Waals surface area contributed by atoms with Crippen LogP contribution in [0, 0.1) is 0 Å². The van der Waals surface area contributed by atoms with Crippen LogP contribution in [0.5, 0.6) is 5.75 Å². The quantitative estimate of drug-likeness (QED) is 0.472. The summed E-state index contributed by atoms with van der Waals surface area (Å²) in [5.74, 6) is -1.62. The molecule has 1 aliphatic rings. The van der Waals surface area contributed by atoms with E-state index in [1.54, 1.807) is 18.2 Å². The van der Waals surface area contributed by atoms with Crippen LogP contribution in [-0.2, 0) is 11.2 Å². The minimum absolute atomic E-state index is 0.445. The lowest BCUT2D eigenvalue weighted by atomic mass is 9.88. The van der Waals surface area contributed by atoms with E-state index in [-0.39, 0.29) is 0 Å². The van der Waals surface area contributed by atoms with Gasteiger partial charge < -0.3 is 35.0 Å². The standard InChI is InChI=1S/C21H25ClO7/c1-2-28-15-6-3-12(4-7-15)9-14-10-13(5-8-16(14)22)19-17(24)18(25)20(26)21(27,11-23)29-19/h3-8,10,17-20,23-27H,2,9,11H2,1H3/t17-,18-,19+,20+,21?/m1/s1. The van der Waals surface area contributed by atoms with Crippen LogP contribution in [0.3, 0.4) is 0 Å². The van der Waals surface area contributed by atoms with Crippen molar-refractivity contribution in [3.05, 3.63) is 64.2 Å². The van der Waals surface area contributed by atoms with E-state index >= 15 is 0 Å². The van der Waals surface area contributed by atoms with E-state index in [2.05, 4.69) is 0 Å². The molecule has 2 aromatic rings. The Labute approximate surface area is 173 Å². The van der Waals surface area contributed by atoms with Crippen molar-refractivity contribution in [1.29, 1.82) is 0 Å². The molecule has 5 atom stereocenters. The Morgan fingerprint density at radius 1 is 1.07 bits per heavy atom. The summed E-state index contributed by atoms with van der Waals surface area (Å²) >= 11 is 6.33. The fourth-order valence-corrected chi connectivity index (χ4v) is 3.57. The molecule has 1 aliphatic heterocycles. The van der Waals surface area contributed by atoms with E-state index in [4.69, 9.17) is 21.1 Å². The molecule has 1 heterocycles. The fraction of sp³-hybridized carbons (Fsp3) is 0.429. The zero-order valence-electron chi connectivity index (χ0n) is 15.9. The predicted octanol–water partition coefficient (Wildman–Crippen LogP) is 1.16. The SMILES string of the molecule is CCOc1ccc(Cc2cc([C@@H]3OC(O)(CO)[C@@H](O)[C@H](O)[C@H]3O)ccc2Cl)cc1. The van der Waals surface area contributed by atoms with Crippen molar-refractivity contribution < 1.29 is 35.0 Å². The lowest BCUT2D eigenvalue weighted by Gasteiger charge is -2.45. The van der Waals surface area contributed by atoms with Gasteiger partial charge >= 0.3 is 0 Å². The number of aliphatic hydroxyl groups is 5. The van der Waals surface area contributed by atoms with E-state index in [1.165, 1.54) is 0 Å². The molecule has 0 spiro atoms. The predicted molar refractivity (Wildman–Crippen MR) is 106 cm³/mol. The van der Waals surface area contributed by atoms with Gasteiger partial charge in [0.1, 0.15) is 30.2 Å². The molecule has 5 N–H and O–H groups in total. The first-order valence-corrected chi connectivity index (χ1v) is 9.72. The Morgan fingerprint density at radius 2 is 1.76 bits per heavy atom. The second kappa shape index (κ2) is 8.97. The third-order valence-corrected chi connectivity index (χ3v) is 5.40. The van der Waals surface area contributed by atoms with E-state index in [9.17, 15) is 25.5 Å². The first kappa shape index (κ1) is 22.0. The van der Waals surface area contributed by atoms with Crippen LogP contribution >= 0.6 is 11.6 Å². The molecular formula is C21H25ClO7. The highest BCUT2D eigenvalue weighted by Crippen LogP contribution is 2.38. The van der Waals surface area contributed by atoms with Crippen LogP contribution in [0.1, 0.15) is 29.7 Å². The highest BCUT2D eigenvalue weighted by Gasteiger charge is 2.52. The van der Waals surface area contributed by atoms with Crippen molar-refractivity contribution in [2.75, 3.05) is 13.2 Å². The molecule has 3 rings (SSSR count). The van der Waals surface area contributed by atoms with Crippen molar-refractivity contribution in [1.82, 2.24) is 0 Å². The lowest BCUT2D eigenvalue weighted by Crippen LogP contribution is -2.63. The van der Waals surface area contributed by atoms with Crippen LogP contribution < -0.4 is 4.74 Å². The van der Waals surface area contributed by atoms with Gasteiger partial charge in [-0.15, -0.1) is 0 Å². The van der Waals surface area contributed by atoms with Gasteiger partial charge in [-0.25, -0.2) is 0 Å². The molecule has 0 bridgehead atoms. The molecule has 1 saturated heterocycles. The Morgan fingerprint density at radius 3 is 2.38 bits per heavy atom. The van der Waals surface area contributed by atoms with Gasteiger partial charge in [-0.2, -0.15) is 0 Å². The third-order valence-electron chi connectivity index (χ3n) is 5.03. The topological polar surface area (TPSA) is 120 Å². The van der Waals surface area contributed by atoms with Crippen LogP contribution in [0.25, 0.3) is 0 Å². The molecule has 0 aromatic heterocycles. The smallest absolute Gasteiger partial charge is 0.219 e. The molecular weight excluding hydrogens is 400 g/mol. The van der Waals surface area contributed by atoms with Crippen molar-refractivity contribution in [3.8, 4) is 5.75 Å². The Bertz CT molecular complexity index is 828. The van der Waals surface area contributed by atoms with Crippen molar-refractivity contribution >= 4 is 11.6 Å². The van der Waals surface area contributed by atoms with E-state index in [0.29, 0.717) is 23.6 Å². The largest absolute Gasteiger partial charge is 0.494 e. The monoisotopic (exact) mass is 424 g/mol. The minimum Gasteiger partial charge on any atom is -0.494 e. The Balaban J connectivity index is 1.86.